The molecule has 7 nitrogen and oxygen atoms in total. The smallest absolute Gasteiger partial charge is 0.315 e. The minimum Gasteiger partial charge on any atom is -0.378 e. The Kier molecular flexibility index (Phi) is 4.84. The van der Waals surface area contributed by atoms with E-state index < -0.39 is 0 Å². The van der Waals surface area contributed by atoms with E-state index in [1.165, 1.54) is 19.3 Å². The number of urea groups is 1. The number of hydrogen-bond donors (Lipinski definition) is 2. The van der Waals surface area contributed by atoms with Crippen molar-refractivity contribution in [2.24, 2.45) is 5.41 Å². The first-order chi connectivity index (χ1) is 11.1. The van der Waals surface area contributed by atoms with Crippen LogP contribution in [0.5, 0.6) is 0 Å². The van der Waals surface area contributed by atoms with Crippen LogP contribution < -0.4 is 10.6 Å². The highest BCUT2D eigenvalue weighted by atomic mass is 16.5. The number of aromatic nitrogens is 2. The van der Waals surface area contributed by atoms with Gasteiger partial charge in [-0.2, -0.15) is 4.98 Å². The molecule has 2 aliphatic carbocycles. The predicted molar refractivity (Wildman–Crippen MR) is 83.7 cm³/mol. The molecular weight excluding hydrogens is 296 g/mol. The third-order valence-corrected chi connectivity index (χ3v) is 5.22. The van der Waals surface area contributed by atoms with Crippen molar-refractivity contribution < 1.29 is 14.1 Å². The standard InChI is InChI=1S/C16H26N4O3/c1-3-22-13-9-12(16(13)7-5-4-6-8-16)19-15(21)17-10-14-18-11(2)23-20-14/h12-13H,3-10H2,1-2H3,(H2,17,19,21). The molecule has 1 aromatic rings. The van der Waals surface area contributed by atoms with Crippen molar-refractivity contribution in [1.82, 2.24) is 20.8 Å². The monoisotopic (exact) mass is 322 g/mol. The van der Waals surface area contributed by atoms with Crippen molar-refractivity contribution in [2.45, 2.75) is 71.1 Å². The van der Waals surface area contributed by atoms with E-state index in [0.717, 1.165) is 25.9 Å². The number of ether oxygens (including phenoxy) is 1. The number of carbonyl (C=O) groups is 1. The van der Waals surface area contributed by atoms with Crippen LogP contribution in [0, 0.1) is 12.3 Å². The van der Waals surface area contributed by atoms with Crippen molar-refractivity contribution in [3.8, 4) is 0 Å². The van der Waals surface area contributed by atoms with Gasteiger partial charge in [0.25, 0.3) is 0 Å². The zero-order valence-corrected chi connectivity index (χ0v) is 13.9. The molecule has 3 rings (SSSR count). The first-order valence-corrected chi connectivity index (χ1v) is 8.59. The zero-order valence-electron chi connectivity index (χ0n) is 13.9. The second-order valence-electron chi connectivity index (χ2n) is 6.58. The fraction of sp³-hybridized carbons (Fsp3) is 0.812. The van der Waals surface area contributed by atoms with Gasteiger partial charge in [-0.1, -0.05) is 24.4 Å². The summed E-state index contributed by atoms with van der Waals surface area (Å²) in [5.74, 6) is 0.993. The van der Waals surface area contributed by atoms with E-state index in [1.807, 2.05) is 6.92 Å². The Morgan fingerprint density at radius 3 is 2.83 bits per heavy atom. The molecule has 2 N–H and O–H groups in total. The van der Waals surface area contributed by atoms with Gasteiger partial charge in [0.05, 0.1) is 12.6 Å². The Morgan fingerprint density at radius 2 is 2.17 bits per heavy atom. The number of nitrogens with zero attached hydrogens (tertiary/aromatic N) is 2. The highest BCUT2D eigenvalue weighted by Gasteiger charge is 2.56. The molecule has 0 aromatic carbocycles. The number of rotatable bonds is 5. The number of aryl methyl sites for hydroxylation is 1. The molecule has 2 fully saturated rings. The maximum atomic E-state index is 12.2. The number of nitrogens with one attached hydrogen (secondary N) is 2. The third-order valence-electron chi connectivity index (χ3n) is 5.22. The van der Waals surface area contributed by atoms with Gasteiger partial charge in [-0.15, -0.1) is 0 Å². The average molecular weight is 322 g/mol. The van der Waals surface area contributed by atoms with Gasteiger partial charge >= 0.3 is 6.03 Å². The lowest BCUT2D eigenvalue weighted by atomic mass is 9.55. The lowest BCUT2D eigenvalue weighted by molar-refractivity contribution is -0.146. The van der Waals surface area contributed by atoms with Crippen LogP contribution in [0.4, 0.5) is 4.79 Å². The van der Waals surface area contributed by atoms with Gasteiger partial charge < -0.3 is 19.9 Å². The predicted octanol–water partition coefficient (Wildman–Crippen LogP) is 2.31. The van der Waals surface area contributed by atoms with Crippen LogP contribution in [0.15, 0.2) is 4.52 Å². The first kappa shape index (κ1) is 16.2. The first-order valence-electron chi connectivity index (χ1n) is 8.59. The van der Waals surface area contributed by atoms with Gasteiger partial charge in [-0.25, -0.2) is 4.79 Å². The Bertz CT molecular complexity index is 539. The fourth-order valence-corrected chi connectivity index (χ4v) is 4.05. The largest absolute Gasteiger partial charge is 0.378 e. The summed E-state index contributed by atoms with van der Waals surface area (Å²) in [4.78, 5) is 16.2. The fourth-order valence-electron chi connectivity index (χ4n) is 4.05. The van der Waals surface area contributed by atoms with Crippen molar-refractivity contribution in [2.75, 3.05) is 6.61 Å². The summed E-state index contributed by atoms with van der Waals surface area (Å²) >= 11 is 0. The Balaban J connectivity index is 1.53. The van der Waals surface area contributed by atoms with E-state index in [2.05, 4.69) is 20.8 Å². The molecule has 2 saturated carbocycles. The molecule has 128 valence electrons. The highest BCUT2D eigenvalue weighted by molar-refractivity contribution is 5.74. The molecule has 2 atom stereocenters. The molecule has 0 bridgehead atoms. The maximum absolute atomic E-state index is 12.2. The lowest BCUT2D eigenvalue weighted by Crippen LogP contribution is -2.66. The highest BCUT2D eigenvalue weighted by Crippen LogP contribution is 2.53. The maximum Gasteiger partial charge on any atom is 0.315 e. The number of hydrogen-bond acceptors (Lipinski definition) is 5. The molecule has 2 aliphatic rings. The van der Waals surface area contributed by atoms with E-state index in [-0.39, 0.29) is 30.1 Å². The van der Waals surface area contributed by atoms with Crippen molar-refractivity contribution in [3.63, 3.8) is 0 Å². The third kappa shape index (κ3) is 3.34. The van der Waals surface area contributed by atoms with Crippen molar-refractivity contribution in [3.05, 3.63) is 11.7 Å². The summed E-state index contributed by atoms with van der Waals surface area (Å²) in [5, 5.41) is 9.70. The van der Waals surface area contributed by atoms with Crippen LogP contribution in [0.25, 0.3) is 0 Å². The van der Waals surface area contributed by atoms with E-state index in [9.17, 15) is 4.79 Å². The Morgan fingerprint density at radius 1 is 1.39 bits per heavy atom. The van der Waals surface area contributed by atoms with Crippen LogP contribution in [0.2, 0.25) is 0 Å². The Labute approximate surface area is 136 Å². The van der Waals surface area contributed by atoms with Gasteiger partial charge in [-0.3, -0.25) is 0 Å². The van der Waals surface area contributed by atoms with Crippen molar-refractivity contribution in [1.29, 1.82) is 0 Å². The molecule has 2 amide bonds. The minimum atomic E-state index is -0.169. The van der Waals surface area contributed by atoms with E-state index in [4.69, 9.17) is 9.26 Å². The molecule has 1 heterocycles. The van der Waals surface area contributed by atoms with Crippen LogP contribution >= 0.6 is 0 Å². The summed E-state index contributed by atoms with van der Waals surface area (Å²) in [6.07, 6.45) is 7.23. The summed E-state index contributed by atoms with van der Waals surface area (Å²) in [5.41, 5.74) is 0.133. The summed E-state index contributed by atoms with van der Waals surface area (Å²) in [7, 11) is 0. The van der Waals surface area contributed by atoms with Crippen LogP contribution in [-0.4, -0.2) is 34.9 Å². The molecule has 0 radical (unpaired) electrons. The number of amides is 2. The van der Waals surface area contributed by atoms with Gasteiger partial charge in [0, 0.05) is 25.0 Å². The summed E-state index contributed by atoms with van der Waals surface area (Å²) in [6.45, 7) is 4.78. The van der Waals surface area contributed by atoms with Gasteiger partial charge in [0.2, 0.25) is 5.89 Å². The molecule has 1 spiro atoms. The van der Waals surface area contributed by atoms with Crippen LogP contribution in [-0.2, 0) is 11.3 Å². The summed E-state index contributed by atoms with van der Waals surface area (Å²) < 4.78 is 10.8. The van der Waals surface area contributed by atoms with Crippen LogP contribution in [0.3, 0.4) is 0 Å². The average Bonchev–Trinajstić information content (AvgIpc) is 2.98. The van der Waals surface area contributed by atoms with Gasteiger partial charge in [0.1, 0.15) is 0 Å². The molecule has 7 heteroatoms. The van der Waals surface area contributed by atoms with E-state index in [0.29, 0.717) is 11.7 Å². The van der Waals surface area contributed by atoms with E-state index in [1.54, 1.807) is 6.92 Å². The van der Waals surface area contributed by atoms with Gasteiger partial charge in [-0.05, 0) is 26.2 Å². The normalized spacial score (nSPS) is 25.8. The molecular formula is C16H26N4O3. The quantitative estimate of drug-likeness (QED) is 0.868. The Hall–Kier alpha value is -1.63. The van der Waals surface area contributed by atoms with Crippen LogP contribution in [0.1, 0.15) is 57.2 Å². The van der Waals surface area contributed by atoms with E-state index >= 15 is 0 Å². The SMILES string of the molecule is CCOC1CC(NC(=O)NCc2noc(C)n2)C12CCCCC2. The second kappa shape index (κ2) is 6.86. The van der Waals surface area contributed by atoms with Crippen molar-refractivity contribution >= 4 is 6.03 Å². The van der Waals surface area contributed by atoms with Gasteiger partial charge in [0.15, 0.2) is 5.82 Å². The lowest BCUT2D eigenvalue weighted by Gasteiger charge is -2.57. The zero-order chi connectivity index (χ0) is 16.3. The topological polar surface area (TPSA) is 89.3 Å². The summed E-state index contributed by atoms with van der Waals surface area (Å²) in [6, 6.07) is 0.0312. The minimum absolute atomic E-state index is 0.133. The molecule has 0 aliphatic heterocycles. The molecule has 23 heavy (non-hydrogen) atoms. The molecule has 1 aromatic heterocycles. The molecule has 2 unspecified atom stereocenters. The molecule has 0 saturated heterocycles. The second-order valence-corrected chi connectivity index (χ2v) is 6.58. The number of carbonyl (C=O) groups excluding carboxylic acids is 1.